The minimum Gasteiger partial charge on any atom is -0.497 e. The first-order valence-electron chi connectivity index (χ1n) is 11.6. The third kappa shape index (κ3) is 4.82. The van der Waals surface area contributed by atoms with Crippen molar-refractivity contribution in [2.24, 2.45) is 0 Å². The summed E-state index contributed by atoms with van der Waals surface area (Å²) in [5, 5.41) is 2.92. The number of anilines is 2. The molecule has 2 amide bonds. The first-order chi connectivity index (χ1) is 17.1. The summed E-state index contributed by atoms with van der Waals surface area (Å²) in [4.78, 5) is 34.7. The molecular weight excluding hydrogens is 442 g/mol. The molecule has 1 saturated heterocycles. The summed E-state index contributed by atoms with van der Waals surface area (Å²) in [5.41, 5.74) is 3.22. The second-order valence-corrected chi connectivity index (χ2v) is 8.43. The lowest BCUT2D eigenvalue weighted by atomic mass is 10.2. The van der Waals surface area contributed by atoms with E-state index in [1.165, 1.54) is 0 Å². The number of aromatic nitrogens is 2. The summed E-state index contributed by atoms with van der Waals surface area (Å²) >= 11 is 0. The van der Waals surface area contributed by atoms with Crippen LogP contribution < -0.4 is 20.5 Å². The predicted molar refractivity (Wildman–Crippen MR) is 137 cm³/mol. The number of carbonyl (C=O) groups is 1. The van der Waals surface area contributed by atoms with Crippen LogP contribution in [0.15, 0.2) is 83.7 Å². The Morgan fingerprint density at radius 2 is 1.60 bits per heavy atom. The van der Waals surface area contributed by atoms with E-state index in [0.29, 0.717) is 44.2 Å². The van der Waals surface area contributed by atoms with Crippen LogP contribution in [0.3, 0.4) is 0 Å². The Morgan fingerprint density at radius 1 is 0.914 bits per heavy atom. The van der Waals surface area contributed by atoms with Gasteiger partial charge in [0.1, 0.15) is 5.75 Å². The molecule has 0 aliphatic carbocycles. The zero-order valence-electron chi connectivity index (χ0n) is 19.6. The standard InChI is InChI=1S/C27H27N5O3/c1-35-22-13-11-21(12-14-22)28-27(34)31-17-15-30(16-18-31)25-26(33)32(19-20-7-3-2-4-8-20)24-10-6-5-9-23(24)29-25/h2-14H,15-19H2,1H3,(H,28,34). The van der Waals surface area contributed by atoms with Crippen LogP contribution in [0.4, 0.5) is 16.3 Å². The van der Waals surface area contributed by atoms with E-state index in [4.69, 9.17) is 9.72 Å². The molecule has 178 valence electrons. The fraction of sp³-hybridized carbons (Fsp3) is 0.222. The van der Waals surface area contributed by atoms with Crippen LogP contribution in [0.2, 0.25) is 0 Å². The zero-order chi connectivity index (χ0) is 24.2. The highest BCUT2D eigenvalue weighted by Crippen LogP contribution is 2.19. The summed E-state index contributed by atoms with van der Waals surface area (Å²) in [6.07, 6.45) is 0. The number of hydrogen-bond acceptors (Lipinski definition) is 5. The lowest BCUT2D eigenvalue weighted by Crippen LogP contribution is -2.51. The average Bonchev–Trinajstić information content (AvgIpc) is 2.91. The number of amides is 2. The van der Waals surface area contributed by atoms with Gasteiger partial charge in [0.15, 0.2) is 5.82 Å². The fourth-order valence-electron chi connectivity index (χ4n) is 4.31. The molecule has 5 rings (SSSR count). The first kappa shape index (κ1) is 22.5. The Balaban J connectivity index is 1.33. The number of urea groups is 1. The second kappa shape index (κ2) is 9.89. The van der Waals surface area contributed by atoms with E-state index < -0.39 is 0 Å². The van der Waals surface area contributed by atoms with Gasteiger partial charge in [-0.2, -0.15) is 0 Å². The molecule has 0 atom stereocenters. The molecular formula is C27H27N5O3. The van der Waals surface area contributed by atoms with E-state index >= 15 is 0 Å². The molecule has 0 unspecified atom stereocenters. The van der Waals surface area contributed by atoms with Gasteiger partial charge in [0.25, 0.3) is 5.56 Å². The third-order valence-corrected chi connectivity index (χ3v) is 6.23. The van der Waals surface area contributed by atoms with Crippen LogP contribution in [0.5, 0.6) is 5.75 Å². The van der Waals surface area contributed by atoms with Gasteiger partial charge in [-0.1, -0.05) is 42.5 Å². The number of para-hydroxylation sites is 2. The Bertz CT molecular complexity index is 1380. The van der Waals surface area contributed by atoms with Crippen LogP contribution in [0, 0.1) is 0 Å². The number of fused-ring (bicyclic) bond motifs is 1. The molecule has 8 heteroatoms. The Kier molecular flexibility index (Phi) is 6.34. The molecule has 35 heavy (non-hydrogen) atoms. The Labute approximate surface area is 203 Å². The number of nitrogens with zero attached hydrogens (tertiary/aromatic N) is 4. The van der Waals surface area contributed by atoms with E-state index in [2.05, 4.69) is 5.32 Å². The summed E-state index contributed by atoms with van der Waals surface area (Å²) in [7, 11) is 1.61. The molecule has 0 radical (unpaired) electrons. The predicted octanol–water partition coefficient (Wildman–Crippen LogP) is 3.81. The molecule has 1 fully saturated rings. The number of ether oxygens (including phenoxy) is 1. The number of rotatable bonds is 5. The fourth-order valence-corrected chi connectivity index (χ4v) is 4.31. The van der Waals surface area contributed by atoms with Crippen molar-refractivity contribution in [2.75, 3.05) is 43.5 Å². The largest absolute Gasteiger partial charge is 0.497 e. The number of nitrogens with one attached hydrogen (secondary N) is 1. The van der Waals surface area contributed by atoms with Gasteiger partial charge in [-0.15, -0.1) is 0 Å². The van der Waals surface area contributed by atoms with Gasteiger partial charge in [0, 0.05) is 31.9 Å². The van der Waals surface area contributed by atoms with Gasteiger partial charge in [-0.25, -0.2) is 9.78 Å². The molecule has 0 bridgehead atoms. The van der Waals surface area contributed by atoms with E-state index in [1.807, 2.05) is 59.5 Å². The molecule has 4 aromatic rings. The van der Waals surface area contributed by atoms with Crippen LogP contribution in [0.25, 0.3) is 11.0 Å². The van der Waals surface area contributed by atoms with Gasteiger partial charge < -0.3 is 19.9 Å². The second-order valence-electron chi connectivity index (χ2n) is 8.43. The van der Waals surface area contributed by atoms with E-state index in [9.17, 15) is 9.59 Å². The lowest BCUT2D eigenvalue weighted by Gasteiger charge is -2.35. The zero-order valence-corrected chi connectivity index (χ0v) is 19.6. The number of carbonyl (C=O) groups excluding carboxylic acids is 1. The van der Waals surface area contributed by atoms with Crippen molar-refractivity contribution in [2.45, 2.75) is 6.54 Å². The van der Waals surface area contributed by atoms with Gasteiger partial charge in [-0.3, -0.25) is 9.36 Å². The maximum absolute atomic E-state index is 13.6. The molecule has 3 aromatic carbocycles. The Morgan fingerprint density at radius 3 is 2.31 bits per heavy atom. The molecule has 0 spiro atoms. The highest BCUT2D eigenvalue weighted by atomic mass is 16.5. The van der Waals surface area contributed by atoms with Gasteiger partial charge in [-0.05, 0) is 42.0 Å². The SMILES string of the molecule is COc1ccc(NC(=O)N2CCN(c3nc4ccccc4n(Cc4ccccc4)c3=O)CC2)cc1. The third-order valence-electron chi connectivity index (χ3n) is 6.23. The van der Waals surface area contributed by atoms with E-state index in [0.717, 1.165) is 22.3 Å². The van der Waals surface area contributed by atoms with Crippen LogP contribution in [0.1, 0.15) is 5.56 Å². The lowest BCUT2D eigenvalue weighted by molar-refractivity contribution is 0.208. The van der Waals surface area contributed by atoms with Crippen molar-refractivity contribution < 1.29 is 9.53 Å². The minimum absolute atomic E-state index is 0.122. The molecule has 0 saturated carbocycles. The molecule has 1 N–H and O–H groups in total. The van der Waals surface area contributed by atoms with Crippen LogP contribution in [-0.4, -0.2) is 53.8 Å². The van der Waals surface area contributed by atoms with Crippen molar-refractivity contribution in [1.82, 2.24) is 14.5 Å². The number of methoxy groups -OCH3 is 1. The van der Waals surface area contributed by atoms with Crippen molar-refractivity contribution >= 4 is 28.6 Å². The highest BCUT2D eigenvalue weighted by molar-refractivity contribution is 5.89. The molecule has 1 aliphatic rings. The maximum atomic E-state index is 13.6. The number of benzene rings is 3. The van der Waals surface area contributed by atoms with Crippen molar-refractivity contribution in [1.29, 1.82) is 0 Å². The van der Waals surface area contributed by atoms with E-state index in [-0.39, 0.29) is 11.6 Å². The van der Waals surface area contributed by atoms with Gasteiger partial charge in [0.05, 0.1) is 24.7 Å². The van der Waals surface area contributed by atoms with Gasteiger partial charge in [0.2, 0.25) is 0 Å². The summed E-state index contributed by atoms with van der Waals surface area (Å²) in [5.74, 6) is 1.16. The topological polar surface area (TPSA) is 79.7 Å². The molecule has 1 aliphatic heterocycles. The van der Waals surface area contributed by atoms with Crippen molar-refractivity contribution in [3.8, 4) is 5.75 Å². The maximum Gasteiger partial charge on any atom is 0.321 e. The van der Waals surface area contributed by atoms with Crippen molar-refractivity contribution in [3.63, 3.8) is 0 Å². The van der Waals surface area contributed by atoms with Gasteiger partial charge >= 0.3 is 6.03 Å². The van der Waals surface area contributed by atoms with Crippen LogP contribution >= 0.6 is 0 Å². The van der Waals surface area contributed by atoms with Crippen LogP contribution in [-0.2, 0) is 6.54 Å². The quantitative estimate of drug-likeness (QED) is 0.481. The normalized spacial score (nSPS) is 13.6. The summed E-state index contributed by atoms with van der Waals surface area (Å²) in [6.45, 7) is 2.52. The summed E-state index contributed by atoms with van der Waals surface area (Å²) < 4.78 is 6.95. The highest BCUT2D eigenvalue weighted by Gasteiger charge is 2.25. The summed E-state index contributed by atoms with van der Waals surface area (Å²) in [6, 6.07) is 24.7. The molecule has 8 nitrogen and oxygen atoms in total. The average molecular weight is 470 g/mol. The minimum atomic E-state index is -0.164. The number of hydrogen-bond donors (Lipinski definition) is 1. The first-order valence-corrected chi connectivity index (χ1v) is 11.6. The smallest absolute Gasteiger partial charge is 0.321 e. The Hall–Kier alpha value is -4.33. The van der Waals surface area contributed by atoms with Crippen molar-refractivity contribution in [3.05, 3.63) is 94.8 Å². The van der Waals surface area contributed by atoms with E-state index in [1.54, 1.807) is 40.8 Å². The molecule has 2 heterocycles. The molecule has 1 aromatic heterocycles. The number of piperazine rings is 1. The monoisotopic (exact) mass is 469 g/mol.